The molecule has 0 amide bonds. The fourth-order valence-corrected chi connectivity index (χ4v) is 2.52. The first kappa shape index (κ1) is 12.6. The van der Waals surface area contributed by atoms with Gasteiger partial charge in [0.25, 0.3) is 0 Å². The van der Waals surface area contributed by atoms with Gasteiger partial charge < -0.3 is 14.8 Å². The van der Waals surface area contributed by atoms with Crippen LogP contribution in [0.5, 0.6) is 11.6 Å². The summed E-state index contributed by atoms with van der Waals surface area (Å²) in [5.41, 5.74) is 2.60. The molecule has 5 heteroatoms. The molecule has 4 rings (SSSR count). The van der Waals surface area contributed by atoms with E-state index in [2.05, 4.69) is 15.0 Å². The Hall–Kier alpha value is -3.08. The third-order valence-corrected chi connectivity index (χ3v) is 3.59. The first-order valence-corrected chi connectivity index (χ1v) is 6.93. The zero-order valence-corrected chi connectivity index (χ0v) is 11.7. The highest BCUT2D eigenvalue weighted by Crippen LogP contribution is 2.32. The summed E-state index contributed by atoms with van der Waals surface area (Å²) in [6, 6.07) is 15.7. The molecule has 2 aromatic carbocycles. The Morgan fingerprint density at radius 3 is 2.77 bits per heavy atom. The summed E-state index contributed by atoms with van der Waals surface area (Å²) in [7, 11) is 0. The van der Waals surface area contributed by atoms with E-state index in [0.717, 1.165) is 22.2 Å². The molecule has 22 heavy (non-hydrogen) atoms. The molecular formula is C17H13N3O2. The smallest absolute Gasteiger partial charge is 0.224 e. The molecule has 0 aliphatic carbocycles. The number of H-pyrrole nitrogens is 1. The maximum Gasteiger partial charge on any atom is 0.224 e. The van der Waals surface area contributed by atoms with Crippen LogP contribution >= 0.6 is 0 Å². The normalized spacial score (nSPS) is 11.1. The van der Waals surface area contributed by atoms with Crippen molar-refractivity contribution in [2.45, 2.75) is 6.61 Å². The summed E-state index contributed by atoms with van der Waals surface area (Å²) in [5, 5.41) is 11.4. The lowest BCUT2D eigenvalue weighted by Crippen LogP contribution is -1.94. The van der Waals surface area contributed by atoms with Gasteiger partial charge in [0.05, 0.1) is 5.39 Å². The number of nitrogens with zero attached hydrogens (tertiary/aromatic N) is 2. The second kappa shape index (κ2) is 5.04. The Labute approximate surface area is 126 Å². The minimum atomic E-state index is -0.0311. The SMILES string of the molecule is Oc1ncnc2[nH]c3ccc(OCc4ccccc4)cc3c12. The average Bonchev–Trinajstić information content (AvgIpc) is 2.93. The van der Waals surface area contributed by atoms with Gasteiger partial charge in [0.1, 0.15) is 24.3 Å². The number of hydrogen-bond donors (Lipinski definition) is 2. The molecule has 5 nitrogen and oxygen atoms in total. The number of aromatic amines is 1. The molecule has 0 fully saturated rings. The maximum atomic E-state index is 9.94. The van der Waals surface area contributed by atoms with Crippen molar-refractivity contribution in [1.29, 1.82) is 0 Å². The van der Waals surface area contributed by atoms with Crippen molar-refractivity contribution in [2.24, 2.45) is 0 Å². The number of fused-ring (bicyclic) bond motifs is 3. The standard InChI is InChI=1S/C17H13N3O2/c21-17-15-13-8-12(22-9-11-4-2-1-3-5-11)6-7-14(13)20-16(15)18-10-19-17/h1-8,10H,9H2,(H2,18,19,20,21). The Morgan fingerprint density at radius 1 is 1.05 bits per heavy atom. The number of rotatable bonds is 3. The fraction of sp³-hybridized carbons (Fsp3) is 0.0588. The van der Waals surface area contributed by atoms with Crippen LogP contribution in [-0.2, 0) is 6.61 Å². The number of aromatic nitrogens is 3. The second-order valence-electron chi connectivity index (χ2n) is 5.03. The van der Waals surface area contributed by atoms with Crippen LogP contribution in [0.1, 0.15) is 5.56 Å². The summed E-state index contributed by atoms with van der Waals surface area (Å²) < 4.78 is 5.82. The van der Waals surface area contributed by atoms with Gasteiger partial charge in [-0.05, 0) is 23.8 Å². The van der Waals surface area contributed by atoms with E-state index in [1.165, 1.54) is 6.33 Å². The predicted octanol–water partition coefficient (Wildman–Crippen LogP) is 3.40. The van der Waals surface area contributed by atoms with Crippen LogP contribution in [0.15, 0.2) is 54.9 Å². The lowest BCUT2D eigenvalue weighted by Gasteiger charge is -2.06. The molecule has 4 aromatic rings. The van der Waals surface area contributed by atoms with Gasteiger partial charge in [0.15, 0.2) is 0 Å². The van der Waals surface area contributed by atoms with E-state index in [4.69, 9.17) is 4.74 Å². The molecule has 0 aliphatic heterocycles. The molecular weight excluding hydrogens is 278 g/mol. The van der Waals surface area contributed by atoms with Gasteiger partial charge in [0, 0.05) is 10.9 Å². The fourth-order valence-electron chi connectivity index (χ4n) is 2.52. The molecule has 0 saturated heterocycles. The van der Waals surface area contributed by atoms with Crippen molar-refractivity contribution in [3.05, 3.63) is 60.4 Å². The summed E-state index contributed by atoms with van der Waals surface area (Å²) in [4.78, 5) is 11.1. The van der Waals surface area contributed by atoms with Crippen LogP contribution in [-0.4, -0.2) is 20.1 Å². The van der Waals surface area contributed by atoms with E-state index in [9.17, 15) is 5.11 Å². The number of benzene rings is 2. The lowest BCUT2D eigenvalue weighted by atomic mass is 10.2. The van der Waals surface area contributed by atoms with Gasteiger partial charge in [0.2, 0.25) is 5.88 Å². The van der Waals surface area contributed by atoms with Crippen molar-refractivity contribution in [1.82, 2.24) is 15.0 Å². The van der Waals surface area contributed by atoms with Crippen LogP contribution in [0.3, 0.4) is 0 Å². The van der Waals surface area contributed by atoms with Crippen LogP contribution in [0.4, 0.5) is 0 Å². The quantitative estimate of drug-likeness (QED) is 0.607. The Balaban J connectivity index is 1.72. The largest absolute Gasteiger partial charge is 0.493 e. The summed E-state index contributed by atoms with van der Waals surface area (Å²) in [6.45, 7) is 0.497. The molecule has 108 valence electrons. The number of aromatic hydroxyl groups is 1. The van der Waals surface area contributed by atoms with Gasteiger partial charge in [-0.15, -0.1) is 0 Å². The molecule has 2 aromatic heterocycles. The average molecular weight is 291 g/mol. The number of ether oxygens (including phenoxy) is 1. The van der Waals surface area contributed by atoms with E-state index < -0.39 is 0 Å². The maximum absolute atomic E-state index is 9.94. The molecule has 2 N–H and O–H groups in total. The Kier molecular flexibility index (Phi) is 2.89. The van der Waals surface area contributed by atoms with Crippen LogP contribution < -0.4 is 4.74 Å². The van der Waals surface area contributed by atoms with Crippen LogP contribution in [0.2, 0.25) is 0 Å². The zero-order chi connectivity index (χ0) is 14.9. The summed E-state index contributed by atoms with van der Waals surface area (Å²) in [5.74, 6) is 0.706. The molecule has 0 atom stereocenters. The molecule has 0 radical (unpaired) electrons. The minimum absolute atomic E-state index is 0.0311. The zero-order valence-electron chi connectivity index (χ0n) is 11.7. The highest BCUT2D eigenvalue weighted by molar-refractivity contribution is 6.08. The van der Waals surface area contributed by atoms with Crippen LogP contribution in [0.25, 0.3) is 21.9 Å². The van der Waals surface area contributed by atoms with Gasteiger partial charge in [-0.2, -0.15) is 0 Å². The van der Waals surface area contributed by atoms with Crippen molar-refractivity contribution >= 4 is 21.9 Å². The van der Waals surface area contributed by atoms with E-state index in [-0.39, 0.29) is 5.88 Å². The number of nitrogens with one attached hydrogen (secondary N) is 1. The monoisotopic (exact) mass is 291 g/mol. The molecule has 0 bridgehead atoms. The van der Waals surface area contributed by atoms with E-state index >= 15 is 0 Å². The third-order valence-electron chi connectivity index (χ3n) is 3.59. The summed E-state index contributed by atoms with van der Waals surface area (Å²) >= 11 is 0. The third kappa shape index (κ3) is 2.13. The molecule has 0 aliphatic rings. The lowest BCUT2D eigenvalue weighted by molar-refractivity contribution is 0.306. The van der Waals surface area contributed by atoms with E-state index in [1.807, 2.05) is 48.5 Å². The molecule has 2 heterocycles. The van der Waals surface area contributed by atoms with E-state index in [1.54, 1.807) is 0 Å². The molecule has 0 spiro atoms. The molecule has 0 saturated carbocycles. The van der Waals surface area contributed by atoms with Crippen molar-refractivity contribution < 1.29 is 9.84 Å². The first-order valence-electron chi connectivity index (χ1n) is 6.93. The highest BCUT2D eigenvalue weighted by Gasteiger charge is 2.11. The van der Waals surface area contributed by atoms with Crippen LogP contribution in [0, 0.1) is 0 Å². The van der Waals surface area contributed by atoms with Gasteiger partial charge in [-0.1, -0.05) is 30.3 Å². The van der Waals surface area contributed by atoms with Gasteiger partial charge >= 0.3 is 0 Å². The van der Waals surface area contributed by atoms with E-state index in [0.29, 0.717) is 17.6 Å². The topological polar surface area (TPSA) is 71.0 Å². The Morgan fingerprint density at radius 2 is 1.91 bits per heavy atom. The van der Waals surface area contributed by atoms with Crippen molar-refractivity contribution in [3.63, 3.8) is 0 Å². The second-order valence-corrected chi connectivity index (χ2v) is 5.03. The minimum Gasteiger partial charge on any atom is -0.493 e. The van der Waals surface area contributed by atoms with Crippen molar-refractivity contribution in [3.8, 4) is 11.6 Å². The van der Waals surface area contributed by atoms with Gasteiger partial charge in [-0.3, -0.25) is 0 Å². The summed E-state index contributed by atoms with van der Waals surface area (Å²) in [6.07, 6.45) is 1.33. The first-order chi connectivity index (χ1) is 10.8. The Bertz CT molecular complexity index is 948. The highest BCUT2D eigenvalue weighted by atomic mass is 16.5. The number of hydrogen-bond acceptors (Lipinski definition) is 4. The molecule has 0 unspecified atom stereocenters. The predicted molar refractivity (Wildman–Crippen MR) is 83.8 cm³/mol. The van der Waals surface area contributed by atoms with Gasteiger partial charge in [-0.25, -0.2) is 9.97 Å². The van der Waals surface area contributed by atoms with Crippen molar-refractivity contribution in [2.75, 3.05) is 0 Å².